The summed E-state index contributed by atoms with van der Waals surface area (Å²) in [6.07, 6.45) is 0.0959. The molecule has 0 spiro atoms. The average molecular weight is 343 g/mol. The Morgan fingerprint density at radius 2 is 1.60 bits per heavy atom. The topological polar surface area (TPSA) is 81.7 Å². The SMILES string of the molecule is COC(=O)[C@H](C[C@H](C)C(=O)OC)NC(=O)c1ccc2ccccc2c1. The van der Waals surface area contributed by atoms with Gasteiger partial charge >= 0.3 is 11.9 Å². The number of hydrogen-bond acceptors (Lipinski definition) is 5. The molecule has 25 heavy (non-hydrogen) atoms. The van der Waals surface area contributed by atoms with Crippen molar-refractivity contribution >= 4 is 28.6 Å². The minimum atomic E-state index is -0.932. The standard InChI is InChI=1S/C19H21NO5/c1-12(18(22)24-2)10-16(19(23)25-3)20-17(21)15-9-8-13-6-4-5-7-14(13)11-15/h4-9,11-12,16H,10H2,1-3H3,(H,20,21)/t12-,16-/m0/s1. The number of amides is 1. The van der Waals surface area contributed by atoms with Gasteiger partial charge < -0.3 is 14.8 Å². The second-order valence-corrected chi connectivity index (χ2v) is 5.77. The van der Waals surface area contributed by atoms with Gasteiger partial charge in [-0.15, -0.1) is 0 Å². The van der Waals surface area contributed by atoms with Gasteiger partial charge in [-0.3, -0.25) is 9.59 Å². The molecule has 6 nitrogen and oxygen atoms in total. The van der Waals surface area contributed by atoms with E-state index in [4.69, 9.17) is 4.74 Å². The van der Waals surface area contributed by atoms with Gasteiger partial charge in [0.15, 0.2) is 0 Å². The minimum absolute atomic E-state index is 0.0959. The summed E-state index contributed by atoms with van der Waals surface area (Å²) in [4.78, 5) is 36.0. The molecule has 0 aromatic heterocycles. The lowest BCUT2D eigenvalue weighted by atomic mass is 10.0. The molecule has 0 bridgehead atoms. The number of carbonyl (C=O) groups excluding carboxylic acids is 3. The van der Waals surface area contributed by atoms with Crippen LogP contribution in [0.15, 0.2) is 42.5 Å². The molecule has 2 aromatic rings. The van der Waals surface area contributed by atoms with Crippen LogP contribution in [0, 0.1) is 5.92 Å². The zero-order chi connectivity index (χ0) is 18.4. The molecule has 0 fully saturated rings. The van der Waals surface area contributed by atoms with E-state index in [1.807, 2.05) is 30.3 Å². The van der Waals surface area contributed by atoms with Crippen LogP contribution in [-0.2, 0) is 19.1 Å². The molecule has 0 aliphatic rings. The highest BCUT2D eigenvalue weighted by Gasteiger charge is 2.27. The molecule has 2 aromatic carbocycles. The lowest BCUT2D eigenvalue weighted by Crippen LogP contribution is -2.43. The van der Waals surface area contributed by atoms with E-state index in [-0.39, 0.29) is 6.42 Å². The van der Waals surface area contributed by atoms with Crippen molar-refractivity contribution in [2.45, 2.75) is 19.4 Å². The summed E-state index contributed by atoms with van der Waals surface area (Å²) in [5, 5.41) is 4.58. The van der Waals surface area contributed by atoms with Gasteiger partial charge in [-0.05, 0) is 29.3 Å². The molecule has 0 saturated heterocycles. The molecule has 2 rings (SSSR count). The Morgan fingerprint density at radius 1 is 0.960 bits per heavy atom. The van der Waals surface area contributed by atoms with Gasteiger partial charge in [-0.2, -0.15) is 0 Å². The summed E-state index contributed by atoms with van der Waals surface area (Å²) in [5.41, 5.74) is 0.429. The van der Waals surface area contributed by atoms with Crippen LogP contribution in [0.2, 0.25) is 0 Å². The second-order valence-electron chi connectivity index (χ2n) is 5.77. The summed E-state index contributed by atoms with van der Waals surface area (Å²) >= 11 is 0. The van der Waals surface area contributed by atoms with Gasteiger partial charge in [0.1, 0.15) is 6.04 Å². The third-order valence-electron chi connectivity index (χ3n) is 4.00. The van der Waals surface area contributed by atoms with Gasteiger partial charge in [-0.25, -0.2) is 4.79 Å². The average Bonchev–Trinajstić information content (AvgIpc) is 2.65. The van der Waals surface area contributed by atoms with E-state index in [1.165, 1.54) is 14.2 Å². The maximum absolute atomic E-state index is 12.5. The largest absolute Gasteiger partial charge is 0.469 e. The number of rotatable bonds is 6. The molecule has 0 radical (unpaired) electrons. The van der Waals surface area contributed by atoms with Crippen LogP contribution in [-0.4, -0.2) is 38.1 Å². The molecule has 6 heteroatoms. The normalized spacial score (nSPS) is 12.9. The highest BCUT2D eigenvalue weighted by Crippen LogP contribution is 2.16. The summed E-state index contributed by atoms with van der Waals surface area (Å²) < 4.78 is 9.39. The van der Waals surface area contributed by atoms with Gasteiger partial charge in [0.05, 0.1) is 20.1 Å². The number of methoxy groups -OCH3 is 2. The number of nitrogens with one attached hydrogen (secondary N) is 1. The maximum Gasteiger partial charge on any atom is 0.328 e. The summed E-state index contributed by atoms with van der Waals surface area (Å²) in [6, 6.07) is 12.0. The van der Waals surface area contributed by atoms with E-state index in [2.05, 4.69) is 10.1 Å². The van der Waals surface area contributed by atoms with E-state index in [0.29, 0.717) is 5.56 Å². The minimum Gasteiger partial charge on any atom is -0.469 e. The van der Waals surface area contributed by atoms with Crippen molar-refractivity contribution in [3.8, 4) is 0 Å². The molecule has 0 heterocycles. The summed E-state index contributed by atoms with van der Waals surface area (Å²) in [6.45, 7) is 1.63. The Morgan fingerprint density at radius 3 is 2.24 bits per heavy atom. The molecule has 1 N–H and O–H groups in total. The Balaban J connectivity index is 2.17. The van der Waals surface area contributed by atoms with E-state index in [9.17, 15) is 14.4 Å². The predicted octanol–water partition coefficient (Wildman–Crippen LogP) is 2.31. The van der Waals surface area contributed by atoms with Crippen molar-refractivity contribution < 1.29 is 23.9 Å². The van der Waals surface area contributed by atoms with Crippen LogP contribution < -0.4 is 5.32 Å². The van der Waals surface area contributed by atoms with Gasteiger partial charge in [0.2, 0.25) is 0 Å². The van der Waals surface area contributed by atoms with Gasteiger partial charge in [0.25, 0.3) is 5.91 Å². The Bertz CT molecular complexity index is 786. The zero-order valence-corrected chi connectivity index (χ0v) is 14.4. The first-order valence-corrected chi connectivity index (χ1v) is 7.91. The first kappa shape index (κ1) is 18.4. The van der Waals surface area contributed by atoms with Crippen LogP contribution in [0.25, 0.3) is 10.8 Å². The van der Waals surface area contributed by atoms with E-state index in [1.54, 1.807) is 19.1 Å². The fourth-order valence-electron chi connectivity index (χ4n) is 2.58. The predicted molar refractivity (Wildman–Crippen MR) is 93.0 cm³/mol. The Hall–Kier alpha value is -2.89. The van der Waals surface area contributed by atoms with Crippen molar-refractivity contribution in [3.05, 3.63) is 48.0 Å². The third kappa shape index (κ3) is 4.56. The Kier molecular flexibility index (Phi) is 6.11. The van der Waals surface area contributed by atoms with E-state index in [0.717, 1.165) is 10.8 Å². The molecule has 0 aliphatic carbocycles. The Labute approximate surface area is 146 Å². The fourth-order valence-corrected chi connectivity index (χ4v) is 2.58. The summed E-state index contributed by atoms with van der Waals surface area (Å²) in [7, 11) is 2.51. The smallest absolute Gasteiger partial charge is 0.328 e. The van der Waals surface area contributed by atoms with Gasteiger partial charge in [0, 0.05) is 5.56 Å². The monoisotopic (exact) mass is 343 g/mol. The first-order valence-electron chi connectivity index (χ1n) is 7.91. The van der Waals surface area contributed by atoms with Crippen molar-refractivity contribution in [1.82, 2.24) is 5.32 Å². The second kappa shape index (κ2) is 8.28. The molecule has 0 unspecified atom stereocenters. The van der Waals surface area contributed by atoms with Crippen molar-refractivity contribution in [1.29, 1.82) is 0 Å². The number of carbonyl (C=O) groups is 3. The van der Waals surface area contributed by atoms with Gasteiger partial charge in [-0.1, -0.05) is 37.3 Å². The molecule has 132 valence electrons. The quantitative estimate of drug-likeness (QED) is 0.814. The number of fused-ring (bicyclic) bond motifs is 1. The van der Waals surface area contributed by atoms with Crippen LogP contribution >= 0.6 is 0 Å². The molecular formula is C19H21NO5. The number of ether oxygens (including phenoxy) is 2. The molecular weight excluding hydrogens is 322 g/mol. The lowest BCUT2D eigenvalue weighted by Gasteiger charge is -2.19. The van der Waals surface area contributed by atoms with E-state index >= 15 is 0 Å². The number of benzene rings is 2. The molecule has 0 saturated carbocycles. The zero-order valence-electron chi connectivity index (χ0n) is 14.4. The lowest BCUT2D eigenvalue weighted by molar-refractivity contribution is -0.147. The van der Waals surface area contributed by atoms with Crippen LogP contribution in [0.5, 0.6) is 0 Å². The highest BCUT2D eigenvalue weighted by atomic mass is 16.5. The van der Waals surface area contributed by atoms with Crippen molar-refractivity contribution in [2.75, 3.05) is 14.2 Å². The molecule has 2 atom stereocenters. The van der Waals surface area contributed by atoms with Crippen molar-refractivity contribution in [2.24, 2.45) is 5.92 Å². The fraction of sp³-hybridized carbons (Fsp3) is 0.316. The van der Waals surface area contributed by atoms with E-state index < -0.39 is 29.8 Å². The van der Waals surface area contributed by atoms with Crippen LogP contribution in [0.4, 0.5) is 0 Å². The molecule has 1 amide bonds. The van der Waals surface area contributed by atoms with Crippen LogP contribution in [0.1, 0.15) is 23.7 Å². The molecule has 0 aliphatic heterocycles. The summed E-state index contributed by atoms with van der Waals surface area (Å²) in [5.74, 6) is -2.01. The van der Waals surface area contributed by atoms with Crippen molar-refractivity contribution in [3.63, 3.8) is 0 Å². The third-order valence-corrected chi connectivity index (χ3v) is 4.00. The first-order chi connectivity index (χ1) is 12.0. The number of hydrogen-bond donors (Lipinski definition) is 1. The highest BCUT2D eigenvalue weighted by molar-refractivity contribution is 6.00. The number of esters is 2. The maximum atomic E-state index is 12.5. The van der Waals surface area contributed by atoms with Crippen LogP contribution in [0.3, 0.4) is 0 Å².